The van der Waals surface area contributed by atoms with Crippen LogP contribution in [0.15, 0.2) is 23.1 Å². The molecule has 0 saturated heterocycles. The normalized spacial score (nSPS) is 19.8. The predicted molar refractivity (Wildman–Crippen MR) is 73.5 cm³/mol. The summed E-state index contributed by atoms with van der Waals surface area (Å²) in [6, 6.07) is 6.67. The van der Waals surface area contributed by atoms with Gasteiger partial charge < -0.3 is 5.32 Å². The lowest BCUT2D eigenvalue weighted by atomic mass is 10.0. The molecule has 1 aromatic carbocycles. The Kier molecular flexibility index (Phi) is 3.48. The van der Waals surface area contributed by atoms with Crippen molar-refractivity contribution in [2.24, 2.45) is 5.92 Å². The molecule has 1 heterocycles. The fourth-order valence-electron chi connectivity index (χ4n) is 2.10. The van der Waals surface area contributed by atoms with Crippen LogP contribution in [0.3, 0.4) is 0 Å². The second-order valence-electron chi connectivity index (χ2n) is 5.16. The number of para-hydroxylation sites is 1. The Labute approximate surface area is 103 Å². The first-order chi connectivity index (χ1) is 7.59. The lowest BCUT2D eigenvalue weighted by Crippen LogP contribution is -2.26. The smallest absolute Gasteiger partial charge is 0.0514 e. The number of fused-ring (bicyclic) bond motifs is 1. The molecule has 1 aliphatic rings. The van der Waals surface area contributed by atoms with E-state index in [0.29, 0.717) is 11.2 Å². The summed E-state index contributed by atoms with van der Waals surface area (Å²) in [5.74, 6) is 1.33. The van der Waals surface area contributed by atoms with E-state index in [1.165, 1.54) is 16.1 Å². The van der Waals surface area contributed by atoms with Crippen LogP contribution >= 0.6 is 11.8 Å². The molecular weight excluding hydrogens is 214 g/mol. The summed E-state index contributed by atoms with van der Waals surface area (Å²) >= 11 is 2.03. The van der Waals surface area contributed by atoms with Gasteiger partial charge >= 0.3 is 0 Å². The highest BCUT2D eigenvalue weighted by Crippen LogP contribution is 2.41. The Morgan fingerprint density at radius 3 is 2.62 bits per heavy atom. The summed E-state index contributed by atoms with van der Waals surface area (Å²) in [7, 11) is 0. The van der Waals surface area contributed by atoms with Gasteiger partial charge in [-0.2, -0.15) is 0 Å². The fourth-order valence-corrected chi connectivity index (χ4v) is 3.33. The molecule has 88 valence electrons. The van der Waals surface area contributed by atoms with E-state index in [0.717, 1.165) is 12.5 Å². The molecule has 1 unspecified atom stereocenters. The van der Waals surface area contributed by atoms with Crippen LogP contribution in [-0.2, 0) is 0 Å². The number of hydrogen-bond donors (Lipinski definition) is 1. The van der Waals surface area contributed by atoms with Crippen LogP contribution in [0.5, 0.6) is 0 Å². The van der Waals surface area contributed by atoms with Crippen LogP contribution in [0.2, 0.25) is 0 Å². The molecule has 0 fully saturated rings. The molecule has 2 heteroatoms. The lowest BCUT2D eigenvalue weighted by Gasteiger charge is -2.30. The summed E-state index contributed by atoms with van der Waals surface area (Å²) < 4.78 is 0. The minimum Gasteiger partial charge on any atom is -0.383 e. The van der Waals surface area contributed by atoms with Gasteiger partial charge in [-0.1, -0.05) is 39.8 Å². The molecule has 2 rings (SSSR count). The number of thioether (sulfide) groups is 1. The van der Waals surface area contributed by atoms with E-state index < -0.39 is 0 Å². The molecule has 1 N–H and O–H groups in total. The maximum atomic E-state index is 3.62. The largest absolute Gasteiger partial charge is 0.383 e. The van der Waals surface area contributed by atoms with E-state index in [-0.39, 0.29) is 0 Å². The Hall–Kier alpha value is -0.630. The average Bonchev–Trinajstić information content (AvgIpc) is 2.27. The van der Waals surface area contributed by atoms with Gasteiger partial charge in [0, 0.05) is 16.7 Å². The minimum atomic E-state index is 0.596. The number of anilines is 1. The van der Waals surface area contributed by atoms with E-state index >= 15 is 0 Å². The van der Waals surface area contributed by atoms with Crippen molar-refractivity contribution < 1.29 is 0 Å². The quantitative estimate of drug-likeness (QED) is 0.817. The molecular formula is C14H21NS. The monoisotopic (exact) mass is 235 g/mol. The van der Waals surface area contributed by atoms with Gasteiger partial charge in [0.2, 0.25) is 0 Å². The number of benzene rings is 1. The van der Waals surface area contributed by atoms with Crippen molar-refractivity contribution in [2.75, 3.05) is 11.9 Å². The zero-order valence-electron chi connectivity index (χ0n) is 10.6. The second-order valence-corrected chi connectivity index (χ2v) is 6.44. The van der Waals surface area contributed by atoms with Crippen LogP contribution in [0, 0.1) is 5.92 Å². The van der Waals surface area contributed by atoms with Crippen molar-refractivity contribution in [3.8, 4) is 0 Å². The van der Waals surface area contributed by atoms with Gasteiger partial charge in [-0.3, -0.25) is 0 Å². The Morgan fingerprint density at radius 2 is 2.00 bits per heavy atom. The van der Waals surface area contributed by atoms with Gasteiger partial charge in [-0.15, -0.1) is 11.8 Å². The molecule has 0 radical (unpaired) electrons. The molecule has 1 aromatic rings. The highest BCUT2D eigenvalue weighted by Gasteiger charge is 2.23. The van der Waals surface area contributed by atoms with Gasteiger partial charge in [-0.05, 0) is 23.5 Å². The van der Waals surface area contributed by atoms with Crippen LogP contribution in [0.4, 0.5) is 5.69 Å². The van der Waals surface area contributed by atoms with E-state index in [1.807, 2.05) is 11.8 Å². The van der Waals surface area contributed by atoms with Gasteiger partial charge in [0.25, 0.3) is 0 Å². The van der Waals surface area contributed by atoms with Crippen LogP contribution in [0.1, 0.15) is 39.2 Å². The van der Waals surface area contributed by atoms with E-state index in [2.05, 4.69) is 51.2 Å². The highest BCUT2D eigenvalue weighted by atomic mass is 32.2. The second kappa shape index (κ2) is 4.70. The van der Waals surface area contributed by atoms with Crippen LogP contribution < -0.4 is 5.32 Å². The lowest BCUT2D eigenvalue weighted by molar-refractivity contribution is 0.619. The standard InChI is InChI=1S/C14H21NS/c1-9(2)11-6-5-7-12-14(11)15-8-13(16-12)10(3)4/h5-7,9-10,13,15H,8H2,1-4H3. The molecule has 1 atom stereocenters. The van der Waals surface area contributed by atoms with E-state index in [4.69, 9.17) is 0 Å². The number of rotatable bonds is 2. The third-order valence-electron chi connectivity index (χ3n) is 3.18. The van der Waals surface area contributed by atoms with Crippen molar-refractivity contribution in [2.45, 2.75) is 43.8 Å². The molecule has 0 aromatic heterocycles. The van der Waals surface area contributed by atoms with Gasteiger partial charge in [0.1, 0.15) is 0 Å². The SMILES string of the molecule is CC(C)c1cccc2c1NCC(C(C)C)S2. The summed E-state index contributed by atoms with van der Waals surface area (Å²) in [4.78, 5) is 1.43. The van der Waals surface area contributed by atoms with Crippen LogP contribution in [-0.4, -0.2) is 11.8 Å². The molecule has 0 saturated carbocycles. The number of hydrogen-bond acceptors (Lipinski definition) is 2. The zero-order chi connectivity index (χ0) is 11.7. The van der Waals surface area contributed by atoms with Crippen molar-refractivity contribution >= 4 is 17.4 Å². The van der Waals surface area contributed by atoms with Gasteiger partial charge in [0.15, 0.2) is 0 Å². The number of nitrogens with one attached hydrogen (secondary N) is 1. The third-order valence-corrected chi connectivity index (χ3v) is 4.79. The van der Waals surface area contributed by atoms with Gasteiger partial charge in [-0.25, -0.2) is 0 Å². The van der Waals surface area contributed by atoms with Crippen molar-refractivity contribution in [1.29, 1.82) is 0 Å². The zero-order valence-corrected chi connectivity index (χ0v) is 11.4. The molecule has 0 aliphatic carbocycles. The molecule has 0 amide bonds. The van der Waals surface area contributed by atoms with Crippen molar-refractivity contribution in [1.82, 2.24) is 0 Å². The van der Waals surface area contributed by atoms with Gasteiger partial charge in [0.05, 0.1) is 5.69 Å². The average molecular weight is 235 g/mol. The maximum absolute atomic E-state index is 3.62. The summed E-state index contributed by atoms with van der Waals surface area (Å²) in [6.45, 7) is 10.2. The molecule has 0 bridgehead atoms. The van der Waals surface area contributed by atoms with Crippen LogP contribution in [0.25, 0.3) is 0 Å². The summed E-state index contributed by atoms with van der Waals surface area (Å²) in [6.07, 6.45) is 0. The molecule has 1 nitrogen and oxygen atoms in total. The highest BCUT2D eigenvalue weighted by molar-refractivity contribution is 8.00. The molecule has 0 spiro atoms. The maximum Gasteiger partial charge on any atom is 0.0514 e. The first-order valence-corrected chi connectivity index (χ1v) is 7.01. The Balaban J connectivity index is 2.31. The Morgan fingerprint density at radius 1 is 1.25 bits per heavy atom. The first kappa shape index (κ1) is 11.8. The minimum absolute atomic E-state index is 0.596. The third kappa shape index (κ3) is 2.22. The van der Waals surface area contributed by atoms with E-state index in [9.17, 15) is 0 Å². The van der Waals surface area contributed by atoms with E-state index in [1.54, 1.807) is 0 Å². The van der Waals surface area contributed by atoms with Crippen molar-refractivity contribution in [3.63, 3.8) is 0 Å². The Bertz CT molecular complexity index is 371. The molecule has 1 aliphatic heterocycles. The first-order valence-electron chi connectivity index (χ1n) is 6.13. The summed E-state index contributed by atoms with van der Waals surface area (Å²) in [5, 5.41) is 4.33. The molecule has 16 heavy (non-hydrogen) atoms. The van der Waals surface area contributed by atoms with Crippen molar-refractivity contribution in [3.05, 3.63) is 23.8 Å². The predicted octanol–water partition coefficient (Wildman–Crippen LogP) is 4.35. The summed E-state index contributed by atoms with van der Waals surface area (Å²) in [5.41, 5.74) is 2.83. The fraction of sp³-hybridized carbons (Fsp3) is 0.571. The topological polar surface area (TPSA) is 12.0 Å².